The zero-order chi connectivity index (χ0) is 13.1. The SMILES string of the molecule is CCC(Cl)CNS(=O)(=O)c1ccc(F)cc1C. The summed E-state index contributed by atoms with van der Waals surface area (Å²) in [6, 6.07) is 3.56. The molecule has 0 saturated carbocycles. The van der Waals surface area contributed by atoms with E-state index in [4.69, 9.17) is 11.6 Å². The average molecular weight is 280 g/mol. The third-order valence-corrected chi connectivity index (χ3v) is 4.41. The Balaban J connectivity index is 2.90. The van der Waals surface area contributed by atoms with Crippen LogP contribution in [-0.4, -0.2) is 20.3 Å². The van der Waals surface area contributed by atoms with Crippen LogP contribution < -0.4 is 4.72 Å². The van der Waals surface area contributed by atoms with Gasteiger partial charge in [0.1, 0.15) is 5.82 Å². The maximum Gasteiger partial charge on any atom is 0.240 e. The molecule has 1 aromatic carbocycles. The first-order valence-electron chi connectivity index (χ1n) is 5.26. The van der Waals surface area contributed by atoms with Gasteiger partial charge in [0.05, 0.1) is 4.90 Å². The minimum Gasteiger partial charge on any atom is -0.210 e. The molecule has 0 aliphatic carbocycles. The second kappa shape index (κ2) is 5.80. The van der Waals surface area contributed by atoms with E-state index in [1.54, 1.807) is 6.92 Å². The molecule has 0 aromatic heterocycles. The molecular formula is C11H15ClFNO2S. The van der Waals surface area contributed by atoms with Gasteiger partial charge in [0, 0.05) is 11.9 Å². The lowest BCUT2D eigenvalue weighted by molar-refractivity contribution is 0.577. The van der Waals surface area contributed by atoms with Crippen LogP contribution in [0.5, 0.6) is 0 Å². The highest BCUT2D eigenvalue weighted by Gasteiger charge is 2.17. The topological polar surface area (TPSA) is 46.2 Å². The van der Waals surface area contributed by atoms with E-state index in [1.165, 1.54) is 12.1 Å². The van der Waals surface area contributed by atoms with Crippen molar-refractivity contribution in [2.75, 3.05) is 6.54 Å². The van der Waals surface area contributed by atoms with Crippen LogP contribution in [0.15, 0.2) is 23.1 Å². The van der Waals surface area contributed by atoms with Crippen molar-refractivity contribution in [2.45, 2.75) is 30.5 Å². The zero-order valence-corrected chi connectivity index (χ0v) is 11.3. The van der Waals surface area contributed by atoms with Crippen LogP contribution in [0.3, 0.4) is 0 Å². The predicted molar refractivity (Wildman–Crippen MR) is 66.3 cm³/mol. The lowest BCUT2D eigenvalue weighted by Gasteiger charge is -2.11. The first-order valence-corrected chi connectivity index (χ1v) is 7.18. The van der Waals surface area contributed by atoms with Gasteiger partial charge in [-0.1, -0.05) is 6.92 Å². The quantitative estimate of drug-likeness (QED) is 0.842. The Kier molecular flexibility index (Phi) is 4.91. The molecule has 1 rings (SSSR count). The van der Waals surface area contributed by atoms with Crippen LogP contribution in [0.1, 0.15) is 18.9 Å². The van der Waals surface area contributed by atoms with Gasteiger partial charge in [-0.05, 0) is 37.1 Å². The van der Waals surface area contributed by atoms with Crippen molar-refractivity contribution in [1.82, 2.24) is 4.72 Å². The first-order chi connectivity index (χ1) is 7.86. The second-order valence-corrected chi connectivity index (χ2v) is 6.12. The number of rotatable bonds is 5. The molecule has 1 unspecified atom stereocenters. The summed E-state index contributed by atoms with van der Waals surface area (Å²) in [6.07, 6.45) is 0.673. The fraction of sp³-hybridized carbons (Fsp3) is 0.455. The molecule has 0 heterocycles. The van der Waals surface area contributed by atoms with Gasteiger partial charge in [0.15, 0.2) is 0 Å². The molecular weight excluding hydrogens is 265 g/mol. The van der Waals surface area contributed by atoms with Crippen LogP contribution in [-0.2, 0) is 10.0 Å². The number of alkyl halides is 1. The fourth-order valence-corrected chi connectivity index (χ4v) is 2.81. The zero-order valence-electron chi connectivity index (χ0n) is 9.70. The normalized spacial score (nSPS) is 13.6. The minimum atomic E-state index is -3.61. The Morgan fingerprint density at radius 1 is 1.47 bits per heavy atom. The van der Waals surface area contributed by atoms with Gasteiger partial charge in [-0.2, -0.15) is 0 Å². The number of benzene rings is 1. The summed E-state index contributed by atoms with van der Waals surface area (Å²) in [5, 5.41) is -0.245. The molecule has 0 aliphatic rings. The number of aryl methyl sites for hydroxylation is 1. The van der Waals surface area contributed by atoms with Crippen LogP contribution in [0.4, 0.5) is 4.39 Å². The first kappa shape index (κ1) is 14.4. The number of halogens is 2. The van der Waals surface area contributed by atoms with Gasteiger partial charge < -0.3 is 0 Å². The Hall–Kier alpha value is -0.650. The molecule has 0 bridgehead atoms. The molecule has 0 spiro atoms. The second-order valence-electron chi connectivity index (χ2n) is 3.77. The lowest BCUT2D eigenvalue weighted by Crippen LogP contribution is -2.30. The van der Waals surface area contributed by atoms with Crippen LogP contribution in [0.25, 0.3) is 0 Å². The van der Waals surface area contributed by atoms with E-state index in [0.717, 1.165) is 6.07 Å². The molecule has 6 heteroatoms. The Morgan fingerprint density at radius 2 is 2.12 bits per heavy atom. The van der Waals surface area contributed by atoms with Crippen molar-refractivity contribution in [2.24, 2.45) is 0 Å². The van der Waals surface area contributed by atoms with E-state index in [9.17, 15) is 12.8 Å². The minimum absolute atomic E-state index is 0.0823. The van der Waals surface area contributed by atoms with Gasteiger partial charge in [-0.3, -0.25) is 0 Å². The third kappa shape index (κ3) is 3.94. The summed E-state index contributed by atoms with van der Waals surface area (Å²) in [7, 11) is -3.61. The van der Waals surface area contributed by atoms with Crippen LogP contribution in [0.2, 0.25) is 0 Å². The number of sulfonamides is 1. The number of nitrogens with one attached hydrogen (secondary N) is 1. The monoisotopic (exact) mass is 279 g/mol. The highest BCUT2D eigenvalue weighted by atomic mass is 35.5. The van der Waals surface area contributed by atoms with E-state index in [1.807, 2.05) is 6.92 Å². The molecule has 0 amide bonds. The Labute approximate surface area is 106 Å². The van der Waals surface area contributed by atoms with Crippen molar-refractivity contribution in [3.63, 3.8) is 0 Å². The molecule has 0 radical (unpaired) electrons. The summed E-state index contributed by atoms with van der Waals surface area (Å²) in [5.74, 6) is -0.453. The molecule has 1 N–H and O–H groups in total. The van der Waals surface area contributed by atoms with Crippen molar-refractivity contribution in [3.8, 4) is 0 Å². The molecule has 3 nitrogen and oxygen atoms in total. The van der Waals surface area contributed by atoms with Crippen LogP contribution >= 0.6 is 11.6 Å². The number of hydrogen-bond donors (Lipinski definition) is 1. The summed E-state index contributed by atoms with van der Waals surface area (Å²) in [4.78, 5) is 0.0823. The van der Waals surface area contributed by atoms with Gasteiger partial charge in [-0.15, -0.1) is 11.6 Å². The molecule has 1 aromatic rings. The molecule has 0 saturated heterocycles. The summed E-state index contributed by atoms with van der Waals surface area (Å²) >= 11 is 5.84. The van der Waals surface area contributed by atoms with Gasteiger partial charge in [0.2, 0.25) is 10.0 Å². The maximum atomic E-state index is 12.9. The molecule has 96 valence electrons. The summed E-state index contributed by atoms with van der Waals surface area (Å²) in [5.41, 5.74) is 0.375. The standard InChI is InChI=1S/C11H15ClFNO2S/c1-3-9(12)7-14-17(15,16)11-5-4-10(13)6-8(11)2/h4-6,9,14H,3,7H2,1-2H3. The third-order valence-electron chi connectivity index (χ3n) is 2.36. The predicted octanol–water partition coefficient (Wildman–Crippen LogP) is 2.43. The maximum absolute atomic E-state index is 12.9. The van der Waals surface area contributed by atoms with Crippen molar-refractivity contribution in [3.05, 3.63) is 29.6 Å². The van der Waals surface area contributed by atoms with E-state index < -0.39 is 15.8 Å². The largest absolute Gasteiger partial charge is 0.240 e. The summed E-state index contributed by atoms with van der Waals surface area (Å²) in [6.45, 7) is 3.59. The Morgan fingerprint density at radius 3 is 2.65 bits per heavy atom. The molecule has 0 fully saturated rings. The lowest BCUT2D eigenvalue weighted by atomic mass is 10.2. The summed E-state index contributed by atoms with van der Waals surface area (Å²) < 4.78 is 39.1. The Bertz CT molecular complexity index is 490. The van der Waals surface area contributed by atoms with Crippen molar-refractivity contribution in [1.29, 1.82) is 0 Å². The van der Waals surface area contributed by atoms with Gasteiger partial charge >= 0.3 is 0 Å². The molecule has 1 atom stereocenters. The van der Waals surface area contributed by atoms with E-state index in [2.05, 4.69) is 4.72 Å². The highest BCUT2D eigenvalue weighted by molar-refractivity contribution is 7.89. The van der Waals surface area contributed by atoms with E-state index in [-0.39, 0.29) is 16.8 Å². The smallest absolute Gasteiger partial charge is 0.210 e. The van der Waals surface area contributed by atoms with E-state index >= 15 is 0 Å². The van der Waals surface area contributed by atoms with Crippen molar-refractivity contribution < 1.29 is 12.8 Å². The van der Waals surface area contributed by atoms with E-state index in [0.29, 0.717) is 12.0 Å². The highest BCUT2D eigenvalue weighted by Crippen LogP contribution is 2.16. The number of hydrogen-bond acceptors (Lipinski definition) is 2. The molecule has 0 aliphatic heterocycles. The van der Waals surface area contributed by atoms with Gasteiger partial charge in [-0.25, -0.2) is 17.5 Å². The average Bonchev–Trinajstić information content (AvgIpc) is 2.25. The van der Waals surface area contributed by atoms with Gasteiger partial charge in [0.25, 0.3) is 0 Å². The fourth-order valence-electron chi connectivity index (χ4n) is 1.34. The molecule has 17 heavy (non-hydrogen) atoms. The van der Waals surface area contributed by atoms with Crippen LogP contribution in [0, 0.1) is 12.7 Å². The van der Waals surface area contributed by atoms with Crippen molar-refractivity contribution >= 4 is 21.6 Å².